The summed E-state index contributed by atoms with van der Waals surface area (Å²) >= 11 is 20.5. The van der Waals surface area contributed by atoms with Crippen LogP contribution in [-0.4, -0.2) is 0 Å². The molecule has 22 heavy (non-hydrogen) atoms. The van der Waals surface area contributed by atoms with Gasteiger partial charge in [0.05, 0.1) is 5.56 Å². The van der Waals surface area contributed by atoms with Crippen LogP contribution in [-0.2, 0) is 6.18 Å². The molecule has 2 rings (SSSR count). The molecule has 0 unspecified atom stereocenters. The van der Waals surface area contributed by atoms with E-state index in [2.05, 4.69) is 15.9 Å². The lowest BCUT2D eigenvalue weighted by atomic mass is 9.98. The molecule has 0 aliphatic carbocycles. The second-order valence-corrected chi connectivity index (χ2v) is 6.57. The fourth-order valence-corrected chi connectivity index (χ4v) is 2.93. The van der Waals surface area contributed by atoms with Crippen LogP contribution >= 0.6 is 50.7 Å². The SMILES string of the molecule is FC(F)(F)c1cc(C(=C(Cl)Cl)c2ccc(Cl)cc2)ccc1Br. The Kier molecular flexibility index (Phi) is 5.49. The van der Waals surface area contributed by atoms with Crippen LogP contribution in [0, 0.1) is 0 Å². The molecule has 0 N–H and O–H groups in total. The fourth-order valence-electron chi connectivity index (χ4n) is 1.90. The predicted octanol–water partition coefficient (Wildman–Crippen LogP) is 7.32. The lowest BCUT2D eigenvalue weighted by Gasteiger charge is -2.14. The fraction of sp³-hybridized carbons (Fsp3) is 0.0667. The van der Waals surface area contributed by atoms with Crippen molar-refractivity contribution in [1.82, 2.24) is 0 Å². The summed E-state index contributed by atoms with van der Waals surface area (Å²) < 4.78 is 38.9. The summed E-state index contributed by atoms with van der Waals surface area (Å²) in [6, 6.07) is 10.3. The van der Waals surface area contributed by atoms with Crippen molar-refractivity contribution in [2.24, 2.45) is 0 Å². The van der Waals surface area contributed by atoms with Crippen LogP contribution < -0.4 is 0 Å². The Labute approximate surface area is 148 Å². The summed E-state index contributed by atoms with van der Waals surface area (Å²) in [7, 11) is 0. The van der Waals surface area contributed by atoms with Gasteiger partial charge >= 0.3 is 6.18 Å². The number of alkyl halides is 3. The first-order valence-corrected chi connectivity index (χ1v) is 7.81. The molecule has 0 atom stereocenters. The summed E-state index contributed by atoms with van der Waals surface area (Å²) in [6.07, 6.45) is -4.49. The maximum absolute atomic E-state index is 13.0. The highest BCUT2D eigenvalue weighted by atomic mass is 79.9. The molecule has 0 aliphatic rings. The maximum atomic E-state index is 13.0. The topological polar surface area (TPSA) is 0 Å². The van der Waals surface area contributed by atoms with Gasteiger partial charge in [-0.05, 0) is 35.4 Å². The summed E-state index contributed by atoms with van der Waals surface area (Å²) in [5.74, 6) is 0. The van der Waals surface area contributed by atoms with Crippen molar-refractivity contribution in [1.29, 1.82) is 0 Å². The standard InChI is InChI=1S/C15H7BrCl3F3/c16-12-6-3-9(7-11(12)15(20,21)22)13(14(18)19)8-1-4-10(17)5-2-8/h1-7H. The van der Waals surface area contributed by atoms with Crippen molar-refractivity contribution >= 4 is 56.3 Å². The highest BCUT2D eigenvalue weighted by Crippen LogP contribution is 2.39. The average molecular weight is 430 g/mol. The molecule has 0 bridgehead atoms. The lowest BCUT2D eigenvalue weighted by molar-refractivity contribution is -0.138. The quantitative estimate of drug-likeness (QED) is 0.468. The zero-order valence-electron chi connectivity index (χ0n) is 10.7. The highest BCUT2D eigenvalue weighted by Gasteiger charge is 2.33. The molecule has 0 spiro atoms. The molecular weight excluding hydrogens is 423 g/mol. The van der Waals surface area contributed by atoms with E-state index < -0.39 is 11.7 Å². The Morgan fingerprint density at radius 1 is 0.909 bits per heavy atom. The number of benzene rings is 2. The number of hydrogen-bond donors (Lipinski definition) is 0. The van der Waals surface area contributed by atoms with Crippen LogP contribution in [0.25, 0.3) is 5.57 Å². The third-order valence-electron chi connectivity index (χ3n) is 2.88. The molecule has 2 aromatic carbocycles. The van der Waals surface area contributed by atoms with Gasteiger partial charge in [-0.2, -0.15) is 13.2 Å². The molecule has 7 heteroatoms. The number of rotatable bonds is 2. The van der Waals surface area contributed by atoms with E-state index in [0.29, 0.717) is 16.2 Å². The van der Waals surface area contributed by atoms with Gasteiger partial charge in [0.2, 0.25) is 0 Å². The molecule has 2 aromatic rings. The molecule has 0 saturated carbocycles. The van der Waals surface area contributed by atoms with E-state index in [1.165, 1.54) is 12.1 Å². The lowest BCUT2D eigenvalue weighted by Crippen LogP contribution is -2.07. The van der Waals surface area contributed by atoms with Gasteiger partial charge < -0.3 is 0 Å². The number of halogens is 7. The molecule has 0 amide bonds. The van der Waals surface area contributed by atoms with Gasteiger partial charge in [0.15, 0.2) is 0 Å². The van der Waals surface area contributed by atoms with Crippen molar-refractivity contribution in [3.05, 3.63) is 73.1 Å². The Morgan fingerprint density at radius 2 is 1.45 bits per heavy atom. The van der Waals surface area contributed by atoms with Crippen LogP contribution in [0.4, 0.5) is 13.2 Å². The van der Waals surface area contributed by atoms with Gasteiger partial charge in [-0.15, -0.1) is 0 Å². The Morgan fingerprint density at radius 3 is 1.95 bits per heavy atom. The van der Waals surface area contributed by atoms with Crippen molar-refractivity contribution < 1.29 is 13.2 Å². The van der Waals surface area contributed by atoms with Crippen molar-refractivity contribution in [3.8, 4) is 0 Å². The summed E-state index contributed by atoms with van der Waals surface area (Å²) in [5.41, 5.74) is 0.335. The first-order valence-electron chi connectivity index (χ1n) is 5.88. The third kappa shape index (κ3) is 3.99. The molecule has 0 fully saturated rings. The Bertz CT molecular complexity index is 718. The molecule has 0 heterocycles. The summed E-state index contributed by atoms with van der Waals surface area (Å²) in [5, 5.41) is 0.501. The maximum Gasteiger partial charge on any atom is 0.417 e. The second kappa shape index (κ2) is 6.83. The molecule has 0 nitrogen and oxygen atoms in total. The first-order chi connectivity index (χ1) is 10.2. The Balaban J connectivity index is 2.61. The molecule has 0 aromatic heterocycles. The third-order valence-corrected chi connectivity index (χ3v) is 4.20. The van der Waals surface area contributed by atoms with Crippen LogP contribution in [0.1, 0.15) is 16.7 Å². The van der Waals surface area contributed by atoms with Crippen LogP contribution in [0.5, 0.6) is 0 Å². The van der Waals surface area contributed by atoms with Gasteiger partial charge in [0.1, 0.15) is 4.49 Å². The zero-order chi connectivity index (χ0) is 16.5. The largest absolute Gasteiger partial charge is 0.417 e. The number of hydrogen-bond acceptors (Lipinski definition) is 0. The first kappa shape index (κ1) is 17.7. The smallest absolute Gasteiger partial charge is 0.166 e. The normalized spacial score (nSPS) is 11.4. The van der Waals surface area contributed by atoms with Gasteiger partial charge in [0, 0.05) is 15.1 Å². The van der Waals surface area contributed by atoms with Crippen molar-refractivity contribution in [2.45, 2.75) is 6.18 Å². The molecule has 0 saturated heterocycles. The van der Waals surface area contributed by atoms with Crippen LogP contribution in [0.15, 0.2) is 51.4 Å². The van der Waals surface area contributed by atoms with E-state index >= 15 is 0 Å². The van der Waals surface area contributed by atoms with E-state index in [0.717, 1.165) is 6.07 Å². The van der Waals surface area contributed by atoms with Crippen LogP contribution in [0.3, 0.4) is 0 Å². The van der Waals surface area contributed by atoms with Gasteiger partial charge in [0.25, 0.3) is 0 Å². The minimum atomic E-state index is -4.49. The van der Waals surface area contributed by atoms with Gasteiger partial charge in [-0.3, -0.25) is 0 Å². The monoisotopic (exact) mass is 428 g/mol. The van der Waals surface area contributed by atoms with E-state index in [1.807, 2.05) is 0 Å². The minimum absolute atomic E-state index is 0.0510. The van der Waals surface area contributed by atoms with Crippen LogP contribution in [0.2, 0.25) is 5.02 Å². The predicted molar refractivity (Wildman–Crippen MR) is 88.3 cm³/mol. The van der Waals surface area contributed by atoms with Crippen molar-refractivity contribution in [3.63, 3.8) is 0 Å². The molecule has 0 aliphatic heterocycles. The van der Waals surface area contributed by atoms with Gasteiger partial charge in [-0.25, -0.2) is 0 Å². The summed E-state index contributed by atoms with van der Waals surface area (Å²) in [4.78, 5) is 0. The minimum Gasteiger partial charge on any atom is -0.166 e. The summed E-state index contributed by atoms with van der Waals surface area (Å²) in [6.45, 7) is 0. The molecule has 116 valence electrons. The average Bonchev–Trinajstić information content (AvgIpc) is 2.41. The Hall–Kier alpha value is -0.680. The highest BCUT2D eigenvalue weighted by molar-refractivity contribution is 9.10. The van der Waals surface area contributed by atoms with Gasteiger partial charge in [-0.1, -0.05) is 68.9 Å². The van der Waals surface area contributed by atoms with E-state index in [9.17, 15) is 13.2 Å². The zero-order valence-corrected chi connectivity index (χ0v) is 14.5. The van der Waals surface area contributed by atoms with E-state index in [4.69, 9.17) is 34.8 Å². The molecule has 0 radical (unpaired) electrons. The van der Waals surface area contributed by atoms with Crippen molar-refractivity contribution in [2.75, 3.05) is 0 Å². The second-order valence-electron chi connectivity index (χ2n) is 4.33. The van der Waals surface area contributed by atoms with E-state index in [1.54, 1.807) is 24.3 Å². The van der Waals surface area contributed by atoms with E-state index in [-0.39, 0.29) is 14.5 Å². The molecular formula is C15H7BrCl3F3.